The van der Waals surface area contributed by atoms with E-state index >= 15 is 0 Å². The van der Waals surface area contributed by atoms with E-state index in [1.165, 1.54) is 7.05 Å². The minimum absolute atomic E-state index is 0.303. The molecule has 1 aliphatic heterocycles. The number of para-hydroxylation sites is 1. The van der Waals surface area contributed by atoms with Gasteiger partial charge in [-0.15, -0.1) is 0 Å². The van der Waals surface area contributed by atoms with Crippen molar-refractivity contribution in [1.29, 1.82) is 0 Å². The number of carbonyl (C=O) groups excluding carboxylic acids is 2. The first-order valence-electron chi connectivity index (χ1n) is 7.54. The first kappa shape index (κ1) is 15.8. The summed E-state index contributed by atoms with van der Waals surface area (Å²) in [7, 11) is 4.87. The van der Waals surface area contributed by atoms with Gasteiger partial charge in [0.05, 0.1) is 12.7 Å². The molecule has 5 nitrogen and oxygen atoms in total. The number of carbonyl (C=O) groups is 2. The quantitative estimate of drug-likeness (QED) is 0.812. The van der Waals surface area contributed by atoms with E-state index < -0.39 is 0 Å². The number of amides is 2. The monoisotopic (exact) mass is 322 g/mol. The highest BCUT2D eigenvalue weighted by molar-refractivity contribution is 6.36. The predicted octanol–water partition coefficient (Wildman–Crippen LogP) is 2.54. The third-order valence-corrected chi connectivity index (χ3v) is 4.12. The molecular formula is C19H18N2O3. The van der Waals surface area contributed by atoms with Gasteiger partial charge in [0.1, 0.15) is 11.4 Å². The Balaban J connectivity index is 2.13. The molecule has 0 unspecified atom stereocenters. The van der Waals surface area contributed by atoms with Gasteiger partial charge in [-0.05, 0) is 29.8 Å². The van der Waals surface area contributed by atoms with E-state index in [1.807, 2.05) is 30.3 Å². The highest BCUT2D eigenvalue weighted by Gasteiger charge is 2.38. The third kappa shape index (κ3) is 2.54. The lowest BCUT2D eigenvalue weighted by molar-refractivity contribution is -0.135. The van der Waals surface area contributed by atoms with Crippen LogP contribution in [-0.4, -0.2) is 37.9 Å². The number of methoxy groups -OCH3 is 1. The van der Waals surface area contributed by atoms with Crippen LogP contribution in [-0.2, 0) is 9.59 Å². The van der Waals surface area contributed by atoms with Crippen molar-refractivity contribution < 1.29 is 14.3 Å². The Morgan fingerprint density at radius 3 is 2.12 bits per heavy atom. The van der Waals surface area contributed by atoms with E-state index in [2.05, 4.69) is 0 Å². The largest absolute Gasteiger partial charge is 0.497 e. The molecular weight excluding hydrogens is 304 g/mol. The first-order valence-corrected chi connectivity index (χ1v) is 7.54. The standard InChI is InChI=1S/C19H18N2O3/c1-20(14-7-5-4-6-8-14)17-16(18(22)21(2)19(17)23)13-9-11-15(24-3)12-10-13/h4-12H,1-3H3. The van der Waals surface area contributed by atoms with Gasteiger partial charge in [-0.2, -0.15) is 0 Å². The topological polar surface area (TPSA) is 49.9 Å². The van der Waals surface area contributed by atoms with Crippen molar-refractivity contribution in [2.45, 2.75) is 0 Å². The minimum atomic E-state index is -0.308. The number of ether oxygens (including phenoxy) is 1. The summed E-state index contributed by atoms with van der Waals surface area (Å²) in [5, 5.41) is 0. The molecule has 122 valence electrons. The summed E-state index contributed by atoms with van der Waals surface area (Å²) in [5.74, 6) is 0.0857. The summed E-state index contributed by atoms with van der Waals surface area (Å²) in [4.78, 5) is 28.1. The van der Waals surface area contributed by atoms with Gasteiger partial charge >= 0.3 is 0 Å². The van der Waals surface area contributed by atoms with Crippen LogP contribution in [0.3, 0.4) is 0 Å². The number of likely N-dealkylation sites (N-methyl/N-ethyl adjacent to an activating group) is 2. The second kappa shape index (κ2) is 6.20. The van der Waals surface area contributed by atoms with E-state index in [-0.39, 0.29) is 11.8 Å². The molecule has 1 heterocycles. The van der Waals surface area contributed by atoms with Crippen LogP contribution in [0.4, 0.5) is 5.69 Å². The number of hydrogen-bond acceptors (Lipinski definition) is 4. The molecule has 2 aromatic rings. The van der Waals surface area contributed by atoms with Crippen LogP contribution in [0, 0.1) is 0 Å². The van der Waals surface area contributed by atoms with Crippen LogP contribution in [0.2, 0.25) is 0 Å². The summed E-state index contributed by atoms with van der Waals surface area (Å²) in [6.07, 6.45) is 0. The molecule has 0 radical (unpaired) electrons. The number of imide groups is 1. The Morgan fingerprint density at radius 1 is 0.917 bits per heavy atom. The maximum Gasteiger partial charge on any atom is 0.277 e. The lowest BCUT2D eigenvalue weighted by atomic mass is 10.0. The number of rotatable bonds is 4. The van der Waals surface area contributed by atoms with E-state index in [1.54, 1.807) is 43.3 Å². The summed E-state index contributed by atoms with van der Waals surface area (Å²) in [6.45, 7) is 0. The smallest absolute Gasteiger partial charge is 0.277 e. The van der Waals surface area contributed by atoms with Gasteiger partial charge in [-0.25, -0.2) is 0 Å². The van der Waals surface area contributed by atoms with E-state index in [0.717, 1.165) is 10.6 Å². The van der Waals surface area contributed by atoms with Crippen molar-refractivity contribution >= 4 is 23.1 Å². The third-order valence-electron chi connectivity index (χ3n) is 4.12. The SMILES string of the molecule is COc1ccc(C2=C(N(C)c3ccccc3)C(=O)N(C)C2=O)cc1. The van der Waals surface area contributed by atoms with Crippen LogP contribution >= 0.6 is 0 Å². The molecule has 0 spiro atoms. The average molecular weight is 322 g/mol. The molecule has 0 aliphatic carbocycles. The van der Waals surface area contributed by atoms with Crippen LogP contribution in [0.15, 0.2) is 60.3 Å². The molecule has 0 aromatic heterocycles. The second-order valence-corrected chi connectivity index (χ2v) is 5.52. The number of benzene rings is 2. The van der Waals surface area contributed by atoms with Gasteiger partial charge < -0.3 is 9.64 Å². The number of hydrogen-bond donors (Lipinski definition) is 0. The lowest BCUT2D eigenvalue weighted by Gasteiger charge is -2.20. The Bertz CT molecular complexity index is 810. The van der Waals surface area contributed by atoms with E-state index in [4.69, 9.17) is 4.74 Å². The van der Waals surface area contributed by atoms with Crippen LogP contribution in [0.1, 0.15) is 5.56 Å². The van der Waals surface area contributed by atoms with Crippen molar-refractivity contribution in [3.8, 4) is 5.75 Å². The zero-order valence-electron chi connectivity index (χ0n) is 13.8. The normalized spacial score (nSPS) is 14.4. The summed E-state index contributed by atoms with van der Waals surface area (Å²) in [6, 6.07) is 16.6. The molecule has 0 N–H and O–H groups in total. The van der Waals surface area contributed by atoms with Gasteiger partial charge in [-0.1, -0.05) is 30.3 Å². The van der Waals surface area contributed by atoms with Gasteiger partial charge in [0.2, 0.25) is 0 Å². The maximum absolute atomic E-state index is 12.6. The highest BCUT2D eigenvalue weighted by atomic mass is 16.5. The Labute approximate surface area is 140 Å². The van der Waals surface area contributed by atoms with E-state index in [9.17, 15) is 9.59 Å². The van der Waals surface area contributed by atoms with Crippen molar-refractivity contribution in [2.75, 3.05) is 26.1 Å². The molecule has 0 saturated carbocycles. The molecule has 3 rings (SSSR count). The molecule has 0 fully saturated rings. The fourth-order valence-electron chi connectivity index (χ4n) is 2.74. The molecule has 0 bridgehead atoms. The van der Waals surface area contributed by atoms with Crippen molar-refractivity contribution in [3.63, 3.8) is 0 Å². The van der Waals surface area contributed by atoms with Crippen molar-refractivity contribution in [2.24, 2.45) is 0 Å². The van der Waals surface area contributed by atoms with Crippen LogP contribution in [0.25, 0.3) is 5.57 Å². The minimum Gasteiger partial charge on any atom is -0.497 e. The average Bonchev–Trinajstić information content (AvgIpc) is 2.86. The van der Waals surface area contributed by atoms with Crippen molar-refractivity contribution in [1.82, 2.24) is 4.90 Å². The predicted molar refractivity (Wildman–Crippen MR) is 92.5 cm³/mol. The zero-order valence-corrected chi connectivity index (χ0v) is 13.8. The molecule has 5 heteroatoms. The molecule has 0 saturated heterocycles. The maximum atomic E-state index is 12.6. The number of nitrogens with zero attached hydrogens (tertiary/aromatic N) is 2. The Hall–Kier alpha value is -3.08. The van der Waals surface area contributed by atoms with Crippen LogP contribution in [0.5, 0.6) is 5.75 Å². The summed E-state index contributed by atoms with van der Waals surface area (Å²) in [5.41, 5.74) is 2.31. The Kier molecular flexibility index (Phi) is 4.08. The lowest BCUT2D eigenvalue weighted by Crippen LogP contribution is -2.30. The zero-order chi connectivity index (χ0) is 17.3. The van der Waals surface area contributed by atoms with Crippen molar-refractivity contribution in [3.05, 3.63) is 65.9 Å². The first-order chi connectivity index (χ1) is 11.5. The Morgan fingerprint density at radius 2 is 1.54 bits per heavy atom. The number of anilines is 1. The summed E-state index contributed by atoms with van der Waals surface area (Å²) >= 11 is 0. The fourth-order valence-corrected chi connectivity index (χ4v) is 2.74. The fraction of sp³-hybridized carbons (Fsp3) is 0.158. The molecule has 2 aromatic carbocycles. The molecule has 24 heavy (non-hydrogen) atoms. The van der Waals surface area contributed by atoms with Gasteiger partial charge in [0.25, 0.3) is 11.8 Å². The summed E-state index contributed by atoms with van der Waals surface area (Å²) < 4.78 is 5.16. The van der Waals surface area contributed by atoms with E-state index in [0.29, 0.717) is 22.6 Å². The molecule has 1 aliphatic rings. The van der Waals surface area contributed by atoms with Gasteiger partial charge in [0, 0.05) is 19.8 Å². The molecule has 0 atom stereocenters. The van der Waals surface area contributed by atoms with Crippen LogP contribution < -0.4 is 9.64 Å². The highest BCUT2D eigenvalue weighted by Crippen LogP contribution is 2.33. The van der Waals surface area contributed by atoms with Gasteiger partial charge in [-0.3, -0.25) is 14.5 Å². The van der Waals surface area contributed by atoms with Gasteiger partial charge in [0.15, 0.2) is 0 Å². The second-order valence-electron chi connectivity index (χ2n) is 5.52. The molecule has 2 amide bonds.